The molecule has 19 heavy (non-hydrogen) atoms. The maximum Gasteiger partial charge on any atom is 0.328 e. The van der Waals surface area contributed by atoms with Crippen molar-refractivity contribution in [3.05, 3.63) is 39.8 Å². The van der Waals surface area contributed by atoms with Gasteiger partial charge in [0.1, 0.15) is 4.83 Å². The molecule has 98 valence electrons. The second-order valence-electron chi connectivity index (χ2n) is 3.55. The molecule has 0 bridgehead atoms. The molecule has 7 nitrogen and oxygen atoms in total. The molecule has 8 heteroatoms. The van der Waals surface area contributed by atoms with Gasteiger partial charge in [-0.05, 0) is 6.07 Å². The van der Waals surface area contributed by atoms with Crippen molar-refractivity contribution < 1.29 is 14.7 Å². The quantitative estimate of drug-likeness (QED) is 0.694. The highest BCUT2D eigenvalue weighted by atomic mass is 32.1. The van der Waals surface area contributed by atoms with Crippen LogP contribution in [0, 0.1) is 0 Å². The molecule has 0 aliphatic heterocycles. The van der Waals surface area contributed by atoms with E-state index >= 15 is 0 Å². The Labute approximate surface area is 110 Å². The van der Waals surface area contributed by atoms with Crippen molar-refractivity contribution >= 4 is 33.4 Å². The molecule has 2 rings (SSSR count). The summed E-state index contributed by atoms with van der Waals surface area (Å²) >= 11 is 1.29. The number of aliphatic carboxylic acids is 1. The number of aromatic nitrogens is 2. The van der Waals surface area contributed by atoms with Gasteiger partial charge >= 0.3 is 5.97 Å². The minimum Gasteiger partial charge on any atom is -0.478 e. The molecule has 2 aromatic heterocycles. The lowest BCUT2D eigenvalue weighted by Gasteiger charge is -1.97. The molecule has 0 saturated heterocycles. The van der Waals surface area contributed by atoms with E-state index in [1.54, 1.807) is 6.07 Å². The average molecular weight is 279 g/mol. The Morgan fingerprint density at radius 1 is 1.47 bits per heavy atom. The fourth-order valence-corrected chi connectivity index (χ4v) is 2.32. The number of carbonyl (C=O) groups excluding carboxylic acids is 1. The molecule has 1 amide bonds. The number of carboxylic acid groups (broad SMARTS) is 1. The monoisotopic (exact) mass is 279 g/mol. The summed E-state index contributed by atoms with van der Waals surface area (Å²) in [5.41, 5.74) is -0.232. The van der Waals surface area contributed by atoms with Gasteiger partial charge in [-0.25, -0.2) is 9.78 Å². The molecule has 0 radical (unpaired) electrons. The number of aromatic amines is 1. The second-order valence-corrected chi connectivity index (χ2v) is 4.67. The zero-order valence-corrected chi connectivity index (χ0v) is 10.4. The first kappa shape index (κ1) is 13.0. The lowest BCUT2D eigenvalue weighted by molar-refractivity contribution is -0.131. The standard InChI is InChI=1S/C11H9N3O4S/c15-8(1-2-9(16)17)12-4-6-3-7-10(18)13-5-14-11(7)19-6/h1-3,5H,4H2,(H,12,15)(H,16,17)(H,13,14,18)/b2-1+. The van der Waals surface area contributed by atoms with E-state index in [-0.39, 0.29) is 12.1 Å². The fraction of sp³-hybridized carbons (Fsp3) is 0.0909. The zero-order valence-electron chi connectivity index (χ0n) is 9.54. The van der Waals surface area contributed by atoms with Crippen LogP contribution in [0.25, 0.3) is 10.2 Å². The van der Waals surface area contributed by atoms with E-state index in [0.717, 1.165) is 17.0 Å². The summed E-state index contributed by atoms with van der Waals surface area (Å²) in [6, 6.07) is 1.65. The fourth-order valence-electron chi connectivity index (χ4n) is 1.38. The van der Waals surface area contributed by atoms with E-state index in [2.05, 4.69) is 15.3 Å². The first-order valence-corrected chi connectivity index (χ1v) is 6.03. The van der Waals surface area contributed by atoms with Crippen LogP contribution in [0.5, 0.6) is 0 Å². The van der Waals surface area contributed by atoms with Gasteiger partial charge in [0, 0.05) is 17.0 Å². The highest BCUT2D eigenvalue weighted by molar-refractivity contribution is 7.18. The van der Waals surface area contributed by atoms with Gasteiger partial charge in [0.15, 0.2) is 0 Å². The Morgan fingerprint density at radius 2 is 2.26 bits per heavy atom. The van der Waals surface area contributed by atoms with Crippen molar-refractivity contribution in [1.82, 2.24) is 15.3 Å². The molecule has 0 fully saturated rings. The summed E-state index contributed by atoms with van der Waals surface area (Å²) in [5, 5.41) is 11.3. The Morgan fingerprint density at radius 3 is 2.95 bits per heavy atom. The number of carbonyl (C=O) groups is 2. The number of H-pyrrole nitrogens is 1. The summed E-state index contributed by atoms with van der Waals surface area (Å²) in [6.07, 6.45) is 3.01. The van der Waals surface area contributed by atoms with Crippen LogP contribution in [0.4, 0.5) is 0 Å². The van der Waals surface area contributed by atoms with Gasteiger partial charge in [-0.3, -0.25) is 9.59 Å². The van der Waals surface area contributed by atoms with E-state index in [1.807, 2.05) is 0 Å². The lowest BCUT2D eigenvalue weighted by atomic mass is 10.3. The summed E-state index contributed by atoms with van der Waals surface area (Å²) in [5.74, 6) is -1.70. The van der Waals surface area contributed by atoms with Gasteiger partial charge in [-0.15, -0.1) is 11.3 Å². The van der Waals surface area contributed by atoms with Crippen molar-refractivity contribution in [2.24, 2.45) is 0 Å². The van der Waals surface area contributed by atoms with Crippen LogP contribution in [0.2, 0.25) is 0 Å². The smallest absolute Gasteiger partial charge is 0.328 e. The van der Waals surface area contributed by atoms with Crippen molar-refractivity contribution in [2.45, 2.75) is 6.54 Å². The molecule has 0 atom stereocenters. The van der Waals surface area contributed by atoms with E-state index in [9.17, 15) is 14.4 Å². The van der Waals surface area contributed by atoms with E-state index in [4.69, 9.17) is 5.11 Å². The third kappa shape index (κ3) is 3.26. The van der Waals surface area contributed by atoms with Crippen LogP contribution in [0.3, 0.4) is 0 Å². The number of fused-ring (bicyclic) bond motifs is 1. The maximum atomic E-state index is 11.5. The highest BCUT2D eigenvalue weighted by Crippen LogP contribution is 2.19. The number of thiophene rings is 1. The van der Waals surface area contributed by atoms with E-state index in [1.165, 1.54) is 17.7 Å². The van der Waals surface area contributed by atoms with Crippen molar-refractivity contribution in [2.75, 3.05) is 0 Å². The number of nitrogens with one attached hydrogen (secondary N) is 2. The molecule has 0 unspecified atom stereocenters. The molecule has 0 spiro atoms. The Hall–Kier alpha value is -2.48. The minimum absolute atomic E-state index is 0.212. The number of amides is 1. The van der Waals surface area contributed by atoms with Gasteiger partial charge in [0.25, 0.3) is 5.56 Å². The van der Waals surface area contributed by atoms with Crippen molar-refractivity contribution in [3.8, 4) is 0 Å². The predicted octanol–water partition coefficient (Wildman–Crippen LogP) is 0.242. The SMILES string of the molecule is O=C(O)/C=C/C(=O)NCc1cc2c(=O)[nH]cnc2s1. The molecular weight excluding hydrogens is 270 g/mol. The molecule has 3 N–H and O–H groups in total. The Bertz CT molecular complexity index is 716. The first-order valence-electron chi connectivity index (χ1n) is 5.21. The molecule has 0 saturated carbocycles. The van der Waals surface area contributed by atoms with Crippen LogP contribution < -0.4 is 10.9 Å². The molecule has 2 aromatic rings. The van der Waals surface area contributed by atoms with Gasteiger partial charge in [-0.2, -0.15) is 0 Å². The lowest BCUT2D eigenvalue weighted by Crippen LogP contribution is -2.19. The van der Waals surface area contributed by atoms with Gasteiger partial charge in [0.2, 0.25) is 5.91 Å². The van der Waals surface area contributed by atoms with E-state index in [0.29, 0.717) is 10.2 Å². The Balaban J connectivity index is 2.06. The van der Waals surface area contributed by atoms with Gasteiger partial charge in [-0.1, -0.05) is 0 Å². The highest BCUT2D eigenvalue weighted by Gasteiger charge is 2.06. The van der Waals surface area contributed by atoms with Crippen LogP contribution in [-0.2, 0) is 16.1 Å². The van der Waals surface area contributed by atoms with Crippen LogP contribution in [0.1, 0.15) is 4.88 Å². The van der Waals surface area contributed by atoms with Crippen molar-refractivity contribution in [1.29, 1.82) is 0 Å². The minimum atomic E-state index is -1.19. The van der Waals surface area contributed by atoms with Crippen LogP contribution in [-0.4, -0.2) is 27.0 Å². The second kappa shape index (κ2) is 5.44. The topological polar surface area (TPSA) is 112 Å². The van der Waals surface area contributed by atoms with Crippen LogP contribution >= 0.6 is 11.3 Å². The number of carboxylic acids is 1. The number of hydrogen-bond acceptors (Lipinski definition) is 5. The molecule has 0 aromatic carbocycles. The summed E-state index contributed by atoms with van der Waals surface area (Å²) in [7, 11) is 0. The third-order valence-corrected chi connectivity index (χ3v) is 3.24. The number of hydrogen-bond donors (Lipinski definition) is 3. The molecular formula is C11H9N3O4S. The summed E-state index contributed by atoms with van der Waals surface area (Å²) in [6.45, 7) is 0.212. The molecule has 0 aliphatic carbocycles. The molecule has 0 aliphatic rings. The largest absolute Gasteiger partial charge is 0.478 e. The molecule has 2 heterocycles. The summed E-state index contributed by atoms with van der Waals surface area (Å²) < 4.78 is 0. The Kier molecular flexibility index (Phi) is 3.71. The van der Waals surface area contributed by atoms with E-state index < -0.39 is 11.9 Å². The average Bonchev–Trinajstić information content (AvgIpc) is 2.78. The van der Waals surface area contributed by atoms with Gasteiger partial charge < -0.3 is 15.4 Å². The third-order valence-electron chi connectivity index (χ3n) is 2.20. The predicted molar refractivity (Wildman–Crippen MR) is 68.9 cm³/mol. The maximum absolute atomic E-state index is 11.5. The normalized spacial score (nSPS) is 10.9. The zero-order chi connectivity index (χ0) is 13.8. The van der Waals surface area contributed by atoms with Gasteiger partial charge in [0.05, 0.1) is 18.3 Å². The van der Waals surface area contributed by atoms with Crippen molar-refractivity contribution in [3.63, 3.8) is 0 Å². The van der Waals surface area contributed by atoms with Crippen LogP contribution in [0.15, 0.2) is 29.3 Å². The number of rotatable bonds is 4. The first-order chi connectivity index (χ1) is 9.06. The number of nitrogens with zero attached hydrogens (tertiary/aromatic N) is 1. The summed E-state index contributed by atoms with van der Waals surface area (Å²) in [4.78, 5) is 40.8.